The molecule has 24 heavy (non-hydrogen) atoms. The Bertz CT molecular complexity index is 570. The van der Waals surface area contributed by atoms with Crippen molar-refractivity contribution in [1.29, 1.82) is 0 Å². The third kappa shape index (κ3) is 4.07. The molecule has 2 aliphatic rings. The zero-order valence-corrected chi connectivity index (χ0v) is 13.1. The molecule has 1 N–H and O–H groups in total. The van der Waals surface area contributed by atoms with E-state index in [1.807, 2.05) is 0 Å². The number of hydrogen-bond donors (Lipinski definition) is 1. The van der Waals surface area contributed by atoms with E-state index in [9.17, 15) is 18.0 Å². The monoisotopic (exact) mass is 347 g/mol. The molecule has 1 aromatic heterocycles. The van der Waals surface area contributed by atoms with Gasteiger partial charge in [-0.05, 0) is 19.3 Å². The van der Waals surface area contributed by atoms with E-state index >= 15 is 0 Å². The molecule has 0 aromatic carbocycles. The zero-order chi connectivity index (χ0) is 17.2. The molecule has 0 bridgehead atoms. The Balaban J connectivity index is 1.59. The molecule has 2 saturated heterocycles. The Morgan fingerprint density at radius 2 is 2.08 bits per heavy atom. The second-order valence-electron chi connectivity index (χ2n) is 6.09. The van der Waals surface area contributed by atoms with Crippen LogP contribution in [0.15, 0.2) is 6.20 Å². The van der Waals surface area contributed by atoms with Gasteiger partial charge in [-0.2, -0.15) is 13.2 Å². The van der Waals surface area contributed by atoms with Crippen LogP contribution in [-0.4, -0.2) is 53.4 Å². The van der Waals surface area contributed by atoms with Gasteiger partial charge in [0.25, 0.3) is 0 Å². The normalized spacial score (nSPS) is 23.5. The molecule has 1 aromatic rings. The summed E-state index contributed by atoms with van der Waals surface area (Å²) in [6, 6.07) is 0. The maximum absolute atomic E-state index is 12.7. The quantitative estimate of drug-likeness (QED) is 0.911. The zero-order valence-electron chi connectivity index (χ0n) is 13.1. The third-order valence-corrected chi connectivity index (χ3v) is 4.30. The van der Waals surface area contributed by atoms with Crippen LogP contribution in [0.1, 0.15) is 43.1 Å². The number of carbonyl (C=O) groups excluding carboxylic acids is 1. The summed E-state index contributed by atoms with van der Waals surface area (Å²) in [5.74, 6) is -0.0359. The van der Waals surface area contributed by atoms with Gasteiger partial charge in [0.1, 0.15) is 11.5 Å². The minimum Gasteiger partial charge on any atom is -0.352 e. The van der Waals surface area contributed by atoms with Crippen molar-refractivity contribution in [2.75, 3.05) is 26.3 Å². The van der Waals surface area contributed by atoms with Gasteiger partial charge in [0.15, 0.2) is 6.29 Å². The summed E-state index contributed by atoms with van der Waals surface area (Å²) in [6.07, 6.45) is -1.78. The largest absolute Gasteiger partial charge is 0.432 e. The highest BCUT2D eigenvalue weighted by atomic mass is 19.4. The fraction of sp³-hybridized carbons (Fsp3) is 0.733. The van der Waals surface area contributed by atoms with Gasteiger partial charge in [0.2, 0.25) is 5.91 Å². The van der Waals surface area contributed by atoms with Crippen molar-refractivity contribution in [1.82, 2.24) is 14.9 Å². The van der Waals surface area contributed by atoms with Crippen molar-refractivity contribution in [2.24, 2.45) is 0 Å². The maximum atomic E-state index is 12.7. The number of rotatable bonds is 3. The van der Waals surface area contributed by atoms with Gasteiger partial charge in [-0.25, -0.2) is 4.98 Å². The van der Waals surface area contributed by atoms with Crippen molar-refractivity contribution in [2.45, 2.75) is 44.1 Å². The van der Waals surface area contributed by atoms with Crippen molar-refractivity contribution in [3.8, 4) is 0 Å². The number of halogens is 3. The fourth-order valence-electron chi connectivity index (χ4n) is 3.04. The average molecular weight is 347 g/mol. The number of piperidine rings is 1. The first-order chi connectivity index (χ1) is 11.4. The van der Waals surface area contributed by atoms with E-state index in [1.54, 1.807) is 4.90 Å². The number of nitrogens with one attached hydrogen (secondary N) is 1. The summed E-state index contributed by atoms with van der Waals surface area (Å²) in [6.45, 7) is 2.10. The average Bonchev–Trinajstić information content (AvgIpc) is 3.06. The molecule has 134 valence electrons. The Morgan fingerprint density at radius 1 is 1.33 bits per heavy atom. The van der Waals surface area contributed by atoms with Crippen molar-refractivity contribution < 1.29 is 27.4 Å². The Hall–Kier alpha value is -1.61. The number of likely N-dealkylation sites (tertiary alicyclic amines) is 1. The van der Waals surface area contributed by atoms with E-state index in [1.165, 1.54) is 0 Å². The fourth-order valence-corrected chi connectivity index (χ4v) is 3.04. The second-order valence-corrected chi connectivity index (χ2v) is 6.09. The number of amides is 1. The first-order valence-corrected chi connectivity index (χ1v) is 8.06. The topological polar surface area (TPSA) is 67.5 Å². The summed E-state index contributed by atoms with van der Waals surface area (Å²) in [5, 5.41) is 0. The van der Waals surface area contributed by atoms with Gasteiger partial charge in [-0.3, -0.25) is 4.79 Å². The number of hydrogen-bond acceptors (Lipinski definition) is 4. The molecule has 3 heterocycles. The number of carbonyl (C=O) groups is 1. The lowest BCUT2D eigenvalue weighted by molar-refractivity contribution is -0.187. The van der Waals surface area contributed by atoms with E-state index in [4.69, 9.17) is 9.47 Å². The number of alkyl halides is 3. The highest BCUT2D eigenvalue weighted by Crippen LogP contribution is 2.31. The highest BCUT2D eigenvalue weighted by Gasteiger charge is 2.35. The lowest BCUT2D eigenvalue weighted by Gasteiger charge is -2.33. The number of aromatic amines is 1. The van der Waals surface area contributed by atoms with E-state index in [0.29, 0.717) is 32.7 Å². The summed E-state index contributed by atoms with van der Waals surface area (Å²) in [5.41, 5.74) is -0.857. The van der Waals surface area contributed by atoms with Crippen molar-refractivity contribution >= 4 is 5.91 Å². The lowest BCUT2D eigenvalue weighted by Crippen LogP contribution is -2.41. The first kappa shape index (κ1) is 17.2. The van der Waals surface area contributed by atoms with Gasteiger partial charge in [0, 0.05) is 19.0 Å². The SMILES string of the molecule is O=C(CC1OCCCO1)N1CCC[C@@H](c2ncc(C(F)(F)F)[nH]2)C1. The highest BCUT2D eigenvalue weighted by molar-refractivity contribution is 5.76. The van der Waals surface area contributed by atoms with E-state index in [0.717, 1.165) is 19.0 Å². The molecule has 0 saturated carbocycles. The summed E-state index contributed by atoms with van der Waals surface area (Å²) >= 11 is 0. The molecule has 2 fully saturated rings. The van der Waals surface area contributed by atoms with Crippen LogP contribution in [0.4, 0.5) is 13.2 Å². The molecule has 3 rings (SSSR count). The van der Waals surface area contributed by atoms with Crippen LogP contribution in [0.2, 0.25) is 0 Å². The van der Waals surface area contributed by atoms with Crippen LogP contribution in [0.3, 0.4) is 0 Å². The van der Waals surface area contributed by atoms with E-state index in [-0.39, 0.29) is 24.1 Å². The maximum Gasteiger partial charge on any atom is 0.432 e. The smallest absolute Gasteiger partial charge is 0.352 e. The molecule has 9 heteroatoms. The summed E-state index contributed by atoms with van der Waals surface area (Å²) in [4.78, 5) is 20.2. The molecule has 0 aliphatic carbocycles. The van der Waals surface area contributed by atoms with Crippen molar-refractivity contribution in [3.63, 3.8) is 0 Å². The van der Waals surface area contributed by atoms with Crippen LogP contribution in [0.5, 0.6) is 0 Å². The van der Waals surface area contributed by atoms with Gasteiger partial charge < -0.3 is 19.4 Å². The summed E-state index contributed by atoms with van der Waals surface area (Å²) < 4.78 is 48.8. The minimum absolute atomic E-state index is 0.103. The summed E-state index contributed by atoms with van der Waals surface area (Å²) in [7, 11) is 0. The number of ether oxygens (including phenoxy) is 2. The predicted molar refractivity (Wildman–Crippen MR) is 77.1 cm³/mol. The molecule has 0 spiro atoms. The van der Waals surface area contributed by atoms with Gasteiger partial charge in [0.05, 0.1) is 25.8 Å². The first-order valence-electron chi connectivity index (χ1n) is 8.06. The van der Waals surface area contributed by atoms with E-state index < -0.39 is 18.2 Å². The molecule has 6 nitrogen and oxygen atoms in total. The standard InChI is InChI=1S/C15H20F3N3O3/c16-15(17,18)11-8-19-14(20-11)10-3-1-4-21(9-10)12(22)7-13-23-5-2-6-24-13/h8,10,13H,1-7,9H2,(H,19,20)/t10-/m1/s1. The Labute approximate surface area is 137 Å². The van der Waals surface area contributed by atoms with Gasteiger partial charge in [-0.1, -0.05) is 0 Å². The number of imidazole rings is 1. The number of nitrogens with zero attached hydrogens (tertiary/aromatic N) is 2. The van der Waals surface area contributed by atoms with Crippen LogP contribution in [0.25, 0.3) is 0 Å². The van der Waals surface area contributed by atoms with E-state index in [2.05, 4.69) is 9.97 Å². The van der Waals surface area contributed by atoms with Crippen LogP contribution in [-0.2, 0) is 20.4 Å². The molecule has 1 atom stereocenters. The number of H-pyrrole nitrogens is 1. The molecule has 1 amide bonds. The minimum atomic E-state index is -4.44. The predicted octanol–water partition coefficient (Wildman–Crippen LogP) is 2.29. The lowest BCUT2D eigenvalue weighted by atomic mass is 9.97. The van der Waals surface area contributed by atoms with Crippen LogP contribution < -0.4 is 0 Å². The molecule has 0 unspecified atom stereocenters. The second kappa shape index (κ2) is 7.10. The third-order valence-electron chi connectivity index (χ3n) is 4.30. The molecular formula is C15H20F3N3O3. The molecular weight excluding hydrogens is 327 g/mol. The van der Waals surface area contributed by atoms with Gasteiger partial charge >= 0.3 is 6.18 Å². The molecule has 2 aliphatic heterocycles. The van der Waals surface area contributed by atoms with Crippen molar-refractivity contribution in [3.05, 3.63) is 17.7 Å². The van der Waals surface area contributed by atoms with Crippen LogP contribution in [0, 0.1) is 0 Å². The Morgan fingerprint density at radius 3 is 2.75 bits per heavy atom. The number of aromatic nitrogens is 2. The molecule has 0 radical (unpaired) electrons. The Kier molecular flexibility index (Phi) is 5.09. The van der Waals surface area contributed by atoms with Gasteiger partial charge in [-0.15, -0.1) is 0 Å². The van der Waals surface area contributed by atoms with Crippen LogP contribution >= 0.6 is 0 Å².